The van der Waals surface area contributed by atoms with Crippen molar-refractivity contribution < 1.29 is 9.84 Å². The van der Waals surface area contributed by atoms with Gasteiger partial charge in [-0.15, -0.1) is 0 Å². The molecule has 0 amide bonds. The third kappa shape index (κ3) is 3.57. The van der Waals surface area contributed by atoms with Crippen LogP contribution in [0.4, 0.5) is 0 Å². The van der Waals surface area contributed by atoms with Crippen molar-refractivity contribution in [1.82, 2.24) is 9.80 Å². The van der Waals surface area contributed by atoms with E-state index in [1.54, 1.807) is 24.5 Å². The highest BCUT2D eigenvalue weighted by Crippen LogP contribution is 2.44. The van der Waals surface area contributed by atoms with Gasteiger partial charge in [-0.1, -0.05) is 36.4 Å². The number of ether oxygens (including phenoxy) is 1. The molecule has 1 N–H and O–H groups in total. The summed E-state index contributed by atoms with van der Waals surface area (Å²) in [7, 11) is 2.10. The third-order valence-corrected chi connectivity index (χ3v) is 5.16. The summed E-state index contributed by atoms with van der Waals surface area (Å²) in [4.78, 5) is 8.92. The number of piperazine rings is 1. The second-order valence-corrected chi connectivity index (χ2v) is 7.08. The lowest BCUT2D eigenvalue weighted by Gasteiger charge is -2.31. The van der Waals surface area contributed by atoms with E-state index in [0.29, 0.717) is 11.3 Å². The molecule has 0 radical (unpaired) electrons. The van der Waals surface area contributed by atoms with Crippen molar-refractivity contribution in [3.63, 3.8) is 0 Å². The van der Waals surface area contributed by atoms with Crippen LogP contribution in [0.5, 0.6) is 11.5 Å². The highest BCUT2D eigenvalue weighted by atomic mass is 16.5. The summed E-state index contributed by atoms with van der Waals surface area (Å²) in [5, 5.41) is 19.8. The molecule has 2 aromatic carbocycles. The fourth-order valence-electron chi connectivity index (χ4n) is 3.56. The summed E-state index contributed by atoms with van der Waals surface area (Å²) in [5.74, 6) is 0.648. The zero-order valence-electron chi connectivity index (χ0n) is 15.7. The molecule has 0 aliphatic carbocycles. The molecule has 6 heteroatoms. The SMILES string of the molecule is CN1CCN(C=NC2=C(C#N)C(c3ccccc3)c3ccc(O)cc3O2)CC1. The Kier molecular flexibility index (Phi) is 5.00. The molecule has 0 saturated carbocycles. The van der Waals surface area contributed by atoms with Crippen LogP contribution in [-0.4, -0.2) is 54.5 Å². The Morgan fingerprint density at radius 3 is 2.61 bits per heavy atom. The van der Waals surface area contributed by atoms with E-state index >= 15 is 0 Å². The van der Waals surface area contributed by atoms with Crippen LogP contribution in [0.25, 0.3) is 0 Å². The van der Waals surface area contributed by atoms with Gasteiger partial charge in [0.15, 0.2) is 0 Å². The Morgan fingerprint density at radius 2 is 1.89 bits per heavy atom. The van der Waals surface area contributed by atoms with Gasteiger partial charge in [0.05, 0.1) is 12.3 Å². The van der Waals surface area contributed by atoms with Crippen LogP contribution in [0.1, 0.15) is 17.0 Å². The summed E-state index contributed by atoms with van der Waals surface area (Å²) in [6, 6.07) is 17.1. The monoisotopic (exact) mass is 374 g/mol. The van der Waals surface area contributed by atoms with Crippen LogP contribution in [0, 0.1) is 11.3 Å². The van der Waals surface area contributed by atoms with Crippen molar-refractivity contribution >= 4 is 6.34 Å². The fraction of sp³-hybridized carbons (Fsp3) is 0.273. The van der Waals surface area contributed by atoms with Crippen LogP contribution in [0.3, 0.4) is 0 Å². The van der Waals surface area contributed by atoms with Crippen LogP contribution < -0.4 is 4.74 Å². The molecule has 0 aromatic heterocycles. The second-order valence-electron chi connectivity index (χ2n) is 7.08. The van der Waals surface area contributed by atoms with Crippen molar-refractivity contribution in [1.29, 1.82) is 5.26 Å². The van der Waals surface area contributed by atoms with E-state index in [1.807, 2.05) is 30.3 Å². The molecule has 4 rings (SSSR count). The number of phenols is 1. The Hall–Kier alpha value is -3.30. The van der Waals surface area contributed by atoms with Crippen LogP contribution in [0.2, 0.25) is 0 Å². The Labute approximate surface area is 164 Å². The number of aliphatic imine (C=N–C) groups is 1. The molecule has 28 heavy (non-hydrogen) atoms. The van der Waals surface area contributed by atoms with Gasteiger partial charge in [0.2, 0.25) is 5.88 Å². The Balaban J connectivity index is 1.74. The molecule has 1 saturated heterocycles. The molecular weight excluding hydrogens is 352 g/mol. The summed E-state index contributed by atoms with van der Waals surface area (Å²) in [6.45, 7) is 3.71. The number of nitriles is 1. The molecule has 2 aliphatic rings. The standard InChI is InChI=1S/C22H22N4O2/c1-25-9-11-26(12-10-25)15-24-22-19(14-23)21(16-5-3-2-4-6-16)18-8-7-17(27)13-20(18)28-22/h2-8,13,15,21,27H,9-12H2,1H3. The van der Waals surface area contributed by atoms with E-state index in [2.05, 4.69) is 27.9 Å². The van der Waals surface area contributed by atoms with E-state index in [1.165, 1.54) is 0 Å². The van der Waals surface area contributed by atoms with Crippen LogP contribution in [0.15, 0.2) is 65.0 Å². The maximum absolute atomic E-state index is 9.91. The summed E-state index contributed by atoms with van der Waals surface area (Å²) in [5.41, 5.74) is 2.30. The fourth-order valence-corrected chi connectivity index (χ4v) is 3.56. The first-order valence-electron chi connectivity index (χ1n) is 9.32. The van der Waals surface area contributed by atoms with Gasteiger partial charge in [0, 0.05) is 37.8 Å². The number of hydrogen-bond acceptors (Lipinski definition) is 5. The number of phenolic OH excluding ortho intramolecular Hbond substituents is 1. The maximum atomic E-state index is 9.91. The molecule has 0 bridgehead atoms. The smallest absolute Gasteiger partial charge is 0.235 e. The van der Waals surface area contributed by atoms with Gasteiger partial charge in [0.1, 0.15) is 23.1 Å². The number of rotatable bonds is 3. The predicted molar refractivity (Wildman–Crippen MR) is 107 cm³/mol. The zero-order chi connectivity index (χ0) is 19.5. The third-order valence-electron chi connectivity index (χ3n) is 5.16. The molecule has 1 fully saturated rings. The van der Waals surface area contributed by atoms with Gasteiger partial charge in [-0.3, -0.25) is 0 Å². The van der Waals surface area contributed by atoms with E-state index in [0.717, 1.165) is 37.3 Å². The van der Waals surface area contributed by atoms with Crippen molar-refractivity contribution in [2.45, 2.75) is 5.92 Å². The average molecular weight is 374 g/mol. The normalized spacial score (nSPS) is 20.0. The van der Waals surface area contributed by atoms with Crippen molar-refractivity contribution in [3.8, 4) is 17.6 Å². The van der Waals surface area contributed by atoms with E-state index < -0.39 is 0 Å². The number of nitrogens with zero attached hydrogens (tertiary/aromatic N) is 4. The first-order chi connectivity index (χ1) is 13.7. The number of allylic oxidation sites excluding steroid dienone is 1. The lowest BCUT2D eigenvalue weighted by molar-refractivity contribution is 0.219. The molecule has 0 spiro atoms. The number of hydrogen-bond donors (Lipinski definition) is 1. The van der Waals surface area contributed by atoms with Crippen molar-refractivity contribution in [2.24, 2.45) is 4.99 Å². The van der Waals surface area contributed by atoms with Gasteiger partial charge in [0.25, 0.3) is 0 Å². The number of aromatic hydroxyl groups is 1. The van der Waals surface area contributed by atoms with Crippen LogP contribution >= 0.6 is 0 Å². The number of fused-ring (bicyclic) bond motifs is 1. The molecule has 2 aromatic rings. The minimum atomic E-state index is -0.282. The van der Waals surface area contributed by atoms with E-state index in [4.69, 9.17) is 4.74 Å². The molecular formula is C22H22N4O2. The average Bonchev–Trinajstić information content (AvgIpc) is 2.72. The maximum Gasteiger partial charge on any atom is 0.235 e. The summed E-state index contributed by atoms with van der Waals surface area (Å²) >= 11 is 0. The first kappa shape index (κ1) is 18.1. The molecule has 2 heterocycles. The second kappa shape index (κ2) is 7.75. The van der Waals surface area contributed by atoms with E-state index in [-0.39, 0.29) is 17.6 Å². The summed E-state index contributed by atoms with van der Waals surface area (Å²) < 4.78 is 5.94. The lowest BCUT2D eigenvalue weighted by Crippen LogP contribution is -2.43. The van der Waals surface area contributed by atoms with Crippen molar-refractivity contribution in [2.75, 3.05) is 33.2 Å². The highest BCUT2D eigenvalue weighted by molar-refractivity contribution is 5.61. The molecule has 1 unspecified atom stereocenters. The Morgan fingerprint density at radius 1 is 1.14 bits per heavy atom. The molecule has 2 aliphatic heterocycles. The molecule has 6 nitrogen and oxygen atoms in total. The lowest BCUT2D eigenvalue weighted by atomic mass is 9.83. The highest BCUT2D eigenvalue weighted by Gasteiger charge is 2.31. The van der Waals surface area contributed by atoms with Gasteiger partial charge >= 0.3 is 0 Å². The van der Waals surface area contributed by atoms with Gasteiger partial charge in [-0.25, -0.2) is 4.99 Å². The Bertz CT molecular complexity index is 954. The van der Waals surface area contributed by atoms with Gasteiger partial charge in [-0.2, -0.15) is 5.26 Å². The first-order valence-corrected chi connectivity index (χ1v) is 9.32. The van der Waals surface area contributed by atoms with Gasteiger partial charge in [-0.05, 0) is 18.7 Å². The molecule has 142 valence electrons. The minimum absolute atomic E-state index is 0.119. The summed E-state index contributed by atoms with van der Waals surface area (Å²) in [6.07, 6.45) is 1.76. The predicted octanol–water partition coefficient (Wildman–Crippen LogP) is 2.93. The zero-order valence-corrected chi connectivity index (χ0v) is 15.7. The number of benzene rings is 2. The largest absolute Gasteiger partial charge is 0.508 e. The topological polar surface area (TPSA) is 72.1 Å². The minimum Gasteiger partial charge on any atom is -0.508 e. The van der Waals surface area contributed by atoms with E-state index in [9.17, 15) is 10.4 Å². The quantitative estimate of drug-likeness (QED) is 0.661. The molecule has 1 atom stereocenters. The van der Waals surface area contributed by atoms with Crippen LogP contribution in [-0.2, 0) is 0 Å². The van der Waals surface area contributed by atoms with Gasteiger partial charge < -0.3 is 19.6 Å². The van der Waals surface area contributed by atoms with Crippen molar-refractivity contribution in [3.05, 3.63) is 71.1 Å². The number of likely N-dealkylation sites (N-methyl/N-ethyl adjacent to an activating group) is 1.